The first kappa shape index (κ1) is 21.0. The molecule has 2 aromatic carbocycles. The van der Waals surface area contributed by atoms with E-state index in [1.165, 1.54) is 16.4 Å². The second-order valence-corrected chi connectivity index (χ2v) is 9.56. The Bertz CT molecular complexity index is 1040. The third-order valence-electron chi connectivity index (χ3n) is 5.25. The van der Waals surface area contributed by atoms with Gasteiger partial charge in [0, 0.05) is 43.7 Å². The average molecular weight is 451 g/mol. The molecule has 30 heavy (non-hydrogen) atoms. The Labute approximate surface area is 181 Å². The van der Waals surface area contributed by atoms with E-state index in [0.29, 0.717) is 42.8 Å². The molecule has 0 saturated carbocycles. The summed E-state index contributed by atoms with van der Waals surface area (Å²) in [6.07, 6.45) is 0.954. The lowest BCUT2D eigenvalue weighted by Gasteiger charge is -2.34. The smallest absolute Gasteiger partial charge is 0.243 e. The van der Waals surface area contributed by atoms with E-state index in [2.05, 4.69) is 0 Å². The van der Waals surface area contributed by atoms with Crippen LogP contribution < -0.4 is 9.47 Å². The number of sulfonamides is 1. The summed E-state index contributed by atoms with van der Waals surface area (Å²) in [6.45, 7) is 2.20. The summed E-state index contributed by atoms with van der Waals surface area (Å²) in [4.78, 5) is 14.5. The van der Waals surface area contributed by atoms with E-state index in [1.54, 1.807) is 17.0 Å². The van der Waals surface area contributed by atoms with Crippen LogP contribution in [0.3, 0.4) is 0 Å². The van der Waals surface area contributed by atoms with Gasteiger partial charge >= 0.3 is 0 Å². The minimum atomic E-state index is -3.68. The van der Waals surface area contributed by atoms with Crippen LogP contribution in [0.2, 0.25) is 5.02 Å². The summed E-state index contributed by atoms with van der Waals surface area (Å²) in [5, 5.41) is 0.557. The number of rotatable bonds is 4. The van der Waals surface area contributed by atoms with Crippen molar-refractivity contribution in [3.63, 3.8) is 0 Å². The third kappa shape index (κ3) is 4.40. The van der Waals surface area contributed by atoms with E-state index < -0.39 is 10.0 Å². The van der Waals surface area contributed by atoms with Gasteiger partial charge in [-0.25, -0.2) is 8.42 Å². The predicted octanol–water partition coefficient (Wildman–Crippen LogP) is 2.58. The van der Waals surface area contributed by atoms with Crippen molar-refractivity contribution in [3.8, 4) is 11.5 Å². The molecule has 0 aliphatic carbocycles. The van der Waals surface area contributed by atoms with Crippen molar-refractivity contribution in [2.45, 2.75) is 17.7 Å². The van der Waals surface area contributed by atoms with Gasteiger partial charge in [-0.3, -0.25) is 4.79 Å². The highest BCUT2D eigenvalue weighted by atomic mass is 35.5. The molecule has 0 bridgehead atoms. The fraction of sp³-hybridized carbons (Fsp3) is 0.381. The number of carbonyl (C=O) groups excluding carboxylic acids is 1. The molecule has 7 nitrogen and oxygen atoms in total. The van der Waals surface area contributed by atoms with Crippen molar-refractivity contribution >= 4 is 27.5 Å². The lowest BCUT2D eigenvalue weighted by molar-refractivity contribution is -0.131. The van der Waals surface area contributed by atoms with Gasteiger partial charge in [0.2, 0.25) is 15.9 Å². The van der Waals surface area contributed by atoms with Crippen LogP contribution in [0.15, 0.2) is 47.4 Å². The Morgan fingerprint density at radius 1 is 0.967 bits per heavy atom. The van der Waals surface area contributed by atoms with Crippen molar-refractivity contribution < 1.29 is 22.7 Å². The topological polar surface area (TPSA) is 76.2 Å². The SMILES string of the molecule is O=C(Cc1ccccc1Cl)N1CCN(S(=O)(=O)c2ccc3c(c2)OCCCO3)CC1. The Morgan fingerprint density at radius 2 is 1.67 bits per heavy atom. The maximum atomic E-state index is 13.1. The van der Waals surface area contributed by atoms with Crippen molar-refractivity contribution in [2.75, 3.05) is 39.4 Å². The zero-order valence-corrected chi connectivity index (χ0v) is 18.0. The van der Waals surface area contributed by atoms with Gasteiger partial charge in [-0.15, -0.1) is 0 Å². The number of hydrogen-bond donors (Lipinski definition) is 0. The highest BCUT2D eigenvalue weighted by Crippen LogP contribution is 2.33. The molecule has 160 valence electrons. The molecular formula is C21H23ClN2O5S. The number of piperazine rings is 1. The molecule has 2 aliphatic rings. The molecule has 2 heterocycles. The Hall–Kier alpha value is -2.29. The van der Waals surface area contributed by atoms with Gasteiger partial charge in [-0.1, -0.05) is 29.8 Å². The number of fused-ring (bicyclic) bond motifs is 1. The van der Waals surface area contributed by atoms with Crippen LogP contribution in [0.25, 0.3) is 0 Å². The van der Waals surface area contributed by atoms with E-state index >= 15 is 0 Å². The second-order valence-electron chi connectivity index (χ2n) is 7.21. The number of ether oxygens (including phenoxy) is 2. The summed E-state index contributed by atoms with van der Waals surface area (Å²) in [5.41, 5.74) is 0.770. The standard InChI is InChI=1S/C21H23ClN2O5S/c22-18-5-2-1-4-16(18)14-21(25)23-8-10-24(11-9-23)30(26,27)17-6-7-19-20(15-17)29-13-3-12-28-19/h1-2,4-7,15H,3,8-14H2. The molecule has 0 spiro atoms. The fourth-order valence-electron chi connectivity index (χ4n) is 3.55. The van der Waals surface area contributed by atoms with E-state index in [4.69, 9.17) is 21.1 Å². The second kappa shape index (κ2) is 8.83. The highest BCUT2D eigenvalue weighted by Gasteiger charge is 2.31. The van der Waals surface area contributed by atoms with Gasteiger partial charge in [0.1, 0.15) is 0 Å². The summed E-state index contributed by atoms with van der Waals surface area (Å²) in [6, 6.07) is 11.9. The van der Waals surface area contributed by atoms with Crippen molar-refractivity contribution in [1.82, 2.24) is 9.21 Å². The number of nitrogens with zero attached hydrogens (tertiary/aromatic N) is 2. The first-order chi connectivity index (χ1) is 14.4. The summed E-state index contributed by atoms with van der Waals surface area (Å²) < 4.78 is 38.8. The number of carbonyl (C=O) groups is 1. The Balaban J connectivity index is 1.41. The number of benzene rings is 2. The van der Waals surface area contributed by atoms with Gasteiger partial charge < -0.3 is 14.4 Å². The fourth-order valence-corrected chi connectivity index (χ4v) is 5.19. The quantitative estimate of drug-likeness (QED) is 0.715. The van der Waals surface area contributed by atoms with Crippen LogP contribution in [0.4, 0.5) is 0 Å². The van der Waals surface area contributed by atoms with E-state index in [1.807, 2.05) is 18.2 Å². The number of amides is 1. The summed E-state index contributed by atoms with van der Waals surface area (Å²) in [5.74, 6) is 0.944. The van der Waals surface area contributed by atoms with Crippen LogP contribution in [0, 0.1) is 0 Å². The van der Waals surface area contributed by atoms with Crippen LogP contribution >= 0.6 is 11.6 Å². The minimum Gasteiger partial charge on any atom is -0.490 e. The molecule has 0 atom stereocenters. The van der Waals surface area contributed by atoms with Gasteiger partial charge in [0.15, 0.2) is 11.5 Å². The molecule has 2 aliphatic heterocycles. The van der Waals surface area contributed by atoms with Crippen LogP contribution in [0.1, 0.15) is 12.0 Å². The van der Waals surface area contributed by atoms with E-state index in [9.17, 15) is 13.2 Å². The maximum Gasteiger partial charge on any atom is 0.243 e. The molecule has 0 aromatic heterocycles. The van der Waals surface area contributed by atoms with Crippen molar-refractivity contribution in [3.05, 3.63) is 53.1 Å². The average Bonchev–Trinajstić information content (AvgIpc) is 3.00. The maximum absolute atomic E-state index is 13.1. The molecule has 0 N–H and O–H groups in total. The minimum absolute atomic E-state index is 0.0595. The summed E-state index contributed by atoms with van der Waals surface area (Å²) in [7, 11) is -3.68. The predicted molar refractivity (Wildman–Crippen MR) is 113 cm³/mol. The first-order valence-corrected chi connectivity index (χ1v) is 11.7. The van der Waals surface area contributed by atoms with Gasteiger partial charge in [0.05, 0.1) is 24.5 Å². The molecule has 2 aromatic rings. The molecule has 0 radical (unpaired) electrons. The van der Waals surface area contributed by atoms with Gasteiger partial charge in [-0.2, -0.15) is 4.31 Å². The lowest BCUT2D eigenvalue weighted by atomic mass is 10.1. The highest BCUT2D eigenvalue weighted by molar-refractivity contribution is 7.89. The zero-order valence-electron chi connectivity index (χ0n) is 16.4. The zero-order chi connectivity index (χ0) is 21.1. The van der Waals surface area contributed by atoms with Crippen LogP contribution in [-0.2, 0) is 21.2 Å². The Kier molecular flexibility index (Phi) is 6.17. The van der Waals surface area contributed by atoms with E-state index in [0.717, 1.165) is 12.0 Å². The molecule has 9 heteroatoms. The molecular weight excluding hydrogens is 428 g/mol. The first-order valence-electron chi connectivity index (χ1n) is 9.86. The molecule has 1 amide bonds. The van der Waals surface area contributed by atoms with Crippen LogP contribution in [-0.4, -0.2) is 62.9 Å². The molecule has 1 fully saturated rings. The third-order valence-corrected chi connectivity index (χ3v) is 7.51. The van der Waals surface area contributed by atoms with E-state index in [-0.39, 0.29) is 30.3 Å². The van der Waals surface area contributed by atoms with Gasteiger partial charge in [0.25, 0.3) is 0 Å². The molecule has 4 rings (SSSR count). The van der Waals surface area contributed by atoms with Crippen LogP contribution in [0.5, 0.6) is 11.5 Å². The van der Waals surface area contributed by atoms with Crippen molar-refractivity contribution in [1.29, 1.82) is 0 Å². The van der Waals surface area contributed by atoms with Crippen molar-refractivity contribution in [2.24, 2.45) is 0 Å². The normalized spacial score (nSPS) is 17.4. The lowest BCUT2D eigenvalue weighted by Crippen LogP contribution is -2.50. The monoisotopic (exact) mass is 450 g/mol. The molecule has 1 saturated heterocycles. The number of hydrogen-bond acceptors (Lipinski definition) is 5. The number of halogens is 1. The Morgan fingerprint density at radius 3 is 2.40 bits per heavy atom. The van der Waals surface area contributed by atoms with Gasteiger partial charge in [-0.05, 0) is 23.8 Å². The summed E-state index contributed by atoms with van der Waals surface area (Å²) >= 11 is 6.14. The largest absolute Gasteiger partial charge is 0.490 e. The molecule has 0 unspecified atom stereocenters.